The lowest BCUT2D eigenvalue weighted by Gasteiger charge is -2.23. The zero-order valence-corrected chi connectivity index (χ0v) is 11.0. The van der Waals surface area contributed by atoms with E-state index in [1.165, 1.54) is 0 Å². The molecule has 0 saturated heterocycles. The third kappa shape index (κ3) is 3.47. The van der Waals surface area contributed by atoms with E-state index in [1.54, 1.807) is 18.2 Å². The van der Waals surface area contributed by atoms with Gasteiger partial charge in [-0.25, -0.2) is 0 Å². The Morgan fingerprint density at radius 3 is 2.95 bits per heavy atom. The summed E-state index contributed by atoms with van der Waals surface area (Å²) in [5.41, 5.74) is 0.538. The molecule has 0 radical (unpaired) electrons. The topological polar surface area (TPSA) is 59.3 Å². The van der Waals surface area contributed by atoms with Crippen molar-refractivity contribution < 1.29 is 14.3 Å². The first-order valence-electron chi connectivity index (χ1n) is 6.58. The van der Waals surface area contributed by atoms with E-state index < -0.39 is 0 Å². The van der Waals surface area contributed by atoms with Crippen LogP contribution < -0.4 is 9.47 Å². The smallest absolute Gasteiger partial charge is 0.162 e. The first-order valence-corrected chi connectivity index (χ1v) is 6.58. The lowest BCUT2D eigenvalue weighted by molar-refractivity contribution is -0.122. The van der Waals surface area contributed by atoms with Crippen molar-refractivity contribution in [2.45, 2.75) is 38.7 Å². The Balaban J connectivity index is 2.14. The Labute approximate surface area is 112 Å². The first kappa shape index (κ1) is 13.4. The van der Waals surface area contributed by atoms with Crippen molar-refractivity contribution in [3.8, 4) is 17.6 Å². The summed E-state index contributed by atoms with van der Waals surface area (Å²) in [6.45, 7) is 2.39. The van der Waals surface area contributed by atoms with Gasteiger partial charge < -0.3 is 9.47 Å². The minimum atomic E-state index is -0.0756. The van der Waals surface area contributed by atoms with E-state index in [2.05, 4.69) is 6.07 Å². The summed E-state index contributed by atoms with van der Waals surface area (Å²) in [6.07, 6.45) is 2.81. The lowest BCUT2D eigenvalue weighted by Crippen LogP contribution is -2.25. The maximum atomic E-state index is 11.4. The van der Waals surface area contributed by atoms with E-state index in [1.807, 2.05) is 6.92 Å². The predicted octanol–water partition coefficient (Wildman–Crippen LogP) is 2.85. The van der Waals surface area contributed by atoms with Crippen LogP contribution in [-0.2, 0) is 4.79 Å². The average molecular weight is 259 g/mol. The molecule has 1 atom stereocenters. The lowest BCUT2D eigenvalue weighted by atomic mass is 9.96. The monoisotopic (exact) mass is 259 g/mol. The molecule has 0 amide bonds. The Bertz CT molecular complexity index is 505. The van der Waals surface area contributed by atoms with Crippen molar-refractivity contribution in [3.05, 3.63) is 23.8 Å². The van der Waals surface area contributed by atoms with Crippen LogP contribution in [0, 0.1) is 11.3 Å². The van der Waals surface area contributed by atoms with E-state index in [9.17, 15) is 4.79 Å². The number of benzene rings is 1. The highest BCUT2D eigenvalue weighted by Gasteiger charge is 2.22. The van der Waals surface area contributed by atoms with Crippen molar-refractivity contribution >= 4 is 5.78 Å². The minimum absolute atomic E-state index is 0.0756. The van der Waals surface area contributed by atoms with Gasteiger partial charge in [0.15, 0.2) is 11.5 Å². The molecule has 0 aromatic heterocycles. The Hall–Kier alpha value is -2.02. The highest BCUT2D eigenvalue weighted by molar-refractivity contribution is 5.79. The SMILES string of the molecule is CCOc1cc(C#N)ccc1OC1CCCC(=O)C1. The molecule has 0 aliphatic heterocycles. The molecule has 1 aliphatic carbocycles. The first-order chi connectivity index (χ1) is 9.22. The van der Waals surface area contributed by atoms with Gasteiger partial charge in [0.25, 0.3) is 0 Å². The van der Waals surface area contributed by atoms with Crippen LogP contribution in [0.25, 0.3) is 0 Å². The number of ketones is 1. The van der Waals surface area contributed by atoms with E-state index in [0.717, 1.165) is 12.8 Å². The predicted molar refractivity (Wildman–Crippen MR) is 70.2 cm³/mol. The molecule has 1 aliphatic rings. The van der Waals surface area contributed by atoms with Gasteiger partial charge >= 0.3 is 0 Å². The second-order valence-electron chi connectivity index (χ2n) is 4.58. The number of rotatable bonds is 4. The van der Waals surface area contributed by atoms with Crippen molar-refractivity contribution in [2.75, 3.05) is 6.61 Å². The van der Waals surface area contributed by atoms with Gasteiger partial charge in [-0.3, -0.25) is 4.79 Å². The molecule has 1 aromatic carbocycles. The van der Waals surface area contributed by atoms with Crippen molar-refractivity contribution in [1.82, 2.24) is 0 Å². The molecule has 1 unspecified atom stereocenters. The van der Waals surface area contributed by atoms with Crippen molar-refractivity contribution in [2.24, 2.45) is 0 Å². The van der Waals surface area contributed by atoms with Crippen LogP contribution in [0.1, 0.15) is 38.2 Å². The molecule has 4 nitrogen and oxygen atoms in total. The quantitative estimate of drug-likeness (QED) is 0.834. The molecule has 4 heteroatoms. The average Bonchev–Trinajstić information content (AvgIpc) is 2.41. The summed E-state index contributed by atoms with van der Waals surface area (Å²) < 4.78 is 11.3. The summed E-state index contributed by atoms with van der Waals surface area (Å²) in [7, 11) is 0. The van der Waals surface area contributed by atoms with Crippen molar-refractivity contribution in [1.29, 1.82) is 5.26 Å². The van der Waals surface area contributed by atoms with Gasteiger partial charge in [-0.1, -0.05) is 0 Å². The number of hydrogen-bond acceptors (Lipinski definition) is 4. The molecular formula is C15H17NO3. The van der Waals surface area contributed by atoms with Crippen LogP contribution in [0.2, 0.25) is 0 Å². The highest BCUT2D eigenvalue weighted by Crippen LogP contribution is 2.31. The number of ether oxygens (including phenoxy) is 2. The maximum absolute atomic E-state index is 11.4. The Morgan fingerprint density at radius 1 is 1.42 bits per heavy atom. The minimum Gasteiger partial charge on any atom is -0.490 e. The van der Waals surface area contributed by atoms with Crippen LogP contribution in [0.5, 0.6) is 11.5 Å². The third-order valence-electron chi connectivity index (χ3n) is 3.10. The zero-order chi connectivity index (χ0) is 13.7. The van der Waals surface area contributed by atoms with Gasteiger partial charge in [0.05, 0.1) is 18.2 Å². The van der Waals surface area contributed by atoms with Gasteiger partial charge in [-0.2, -0.15) is 5.26 Å². The Morgan fingerprint density at radius 2 is 2.26 bits per heavy atom. The number of nitrogens with zero attached hydrogens (tertiary/aromatic N) is 1. The summed E-state index contributed by atoms with van der Waals surface area (Å²) in [6, 6.07) is 7.18. The maximum Gasteiger partial charge on any atom is 0.162 e. The molecule has 0 bridgehead atoms. The van der Waals surface area contributed by atoms with E-state index in [0.29, 0.717) is 36.5 Å². The number of carbonyl (C=O) groups excluding carboxylic acids is 1. The largest absolute Gasteiger partial charge is 0.490 e. The van der Waals surface area contributed by atoms with Crippen LogP contribution in [0.3, 0.4) is 0 Å². The van der Waals surface area contributed by atoms with Crippen LogP contribution in [0.15, 0.2) is 18.2 Å². The number of nitriles is 1. The molecule has 2 rings (SSSR count). The van der Waals surface area contributed by atoms with Crippen LogP contribution >= 0.6 is 0 Å². The fourth-order valence-electron chi connectivity index (χ4n) is 2.21. The van der Waals surface area contributed by atoms with Gasteiger partial charge in [0, 0.05) is 18.9 Å². The summed E-state index contributed by atoms with van der Waals surface area (Å²) in [5, 5.41) is 8.89. The molecule has 1 fully saturated rings. The summed E-state index contributed by atoms with van der Waals surface area (Å²) >= 11 is 0. The second-order valence-corrected chi connectivity index (χ2v) is 4.58. The molecule has 19 heavy (non-hydrogen) atoms. The van der Waals surface area contributed by atoms with Crippen LogP contribution in [-0.4, -0.2) is 18.5 Å². The normalized spacial score (nSPS) is 18.7. The van der Waals surface area contributed by atoms with E-state index >= 15 is 0 Å². The molecule has 0 heterocycles. The van der Waals surface area contributed by atoms with Crippen molar-refractivity contribution in [3.63, 3.8) is 0 Å². The van der Waals surface area contributed by atoms with Gasteiger partial charge in [-0.15, -0.1) is 0 Å². The molecule has 0 spiro atoms. The van der Waals surface area contributed by atoms with Gasteiger partial charge in [0.1, 0.15) is 11.9 Å². The zero-order valence-electron chi connectivity index (χ0n) is 11.0. The molecule has 0 N–H and O–H groups in total. The standard InChI is InChI=1S/C15H17NO3/c1-2-18-15-8-11(10-16)6-7-14(15)19-13-5-3-4-12(17)9-13/h6-8,13H,2-5,9H2,1H3. The fourth-order valence-corrected chi connectivity index (χ4v) is 2.21. The second kappa shape index (κ2) is 6.24. The molecule has 1 aromatic rings. The Kier molecular flexibility index (Phi) is 4.40. The fraction of sp³-hybridized carbons (Fsp3) is 0.467. The van der Waals surface area contributed by atoms with Crippen LogP contribution in [0.4, 0.5) is 0 Å². The number of Topliss-reactive ketones (excluding diaryl/α,β-unsaturated/α-hetero) is 1. The highest BCUT2D eigenvalue weighted by atomic mass is 16.5. The molecular weight excluding hydrogens is 242 g/mol. The van der Waals surface area contributed by atoms with E-state index in [4.69, 9.17) is 14.7 Å². The number of hydrogen-bond donors (Lipinski definition) is 0. The molecule has 1 saturated carbocycles. The van der Waals surface area contributed by atoms with E-state index in [-0.39, 0.29) is 11.9 Å². The third-order valence-corrected chi connectivity index (χ3v) is 3.10. The summed E-state index contributed by atoms with van der Waals surface area (Å²) in [5.74, 6) is 1.43. The number of carbonyl (C=O) groups is 1. The molecule has 100 valence electrons. The summed E-state index contributed by atoms with van der Waals surface area (Å²) in [4.78, 5) is 11.4. The van der Waals surface area contributed by atoms with Gasteiger partial charge in [0.2, 0.25) is 0 Å². The van der Waals surface area contributed by atoms with Gasteiger partial charge in [-0.05, 0) is 31.9 Å².